The Hall–Kier alpha value is -13.7. The molecular weight excluding hydrogens is 1680 g/mol. The van der Waals surface area contributed by atoms with Gasteiger partial charge in [0.1, 0.15) is 75.7 Å². The number of amides is 1. The van der Waals surface area contributed by atoms with Crippen LogP contribution >= 0.6 is 62.3 Å². The molecule has 0 radical (unpaired) electrons. The highest BCUT2D eigenvalue weighted by atomic mass is 79.9. The van der Waals surface area contributed by atoms with Gasteiger partial charge in [-0.05, 0) is 166 Å². The Kier molecular flexibility index (Phi) is 37.6. The molecule has 0 spiro atoms. The summed E-state index contributed by atoms with van der Waals surface area (Å²) in [6.45, 7) is 6.94. The number of carbonyl (C=O) groups is 4. The summed E-state index contributed by atoms with van der Waals surface area (Å²) in [5.41, 5.74) is 5.58. The smallest absolute Gasteiger partial charge is 0.363 e. The van der Waals surface area contributed by atoms with Crippen LogP contribution in [0, 0.1) is 43.5 Å². The van der Waals surface area contributed by atoms with Crippen molar-refractivity contribution in [2.24, 2.45) is 0 Å². The number of aromatic hydroxyl groups is 1. The number of rotatable bonds is 16. The summed E-state index contributed by atoms with van der Waals surface area (Å²) in [4.78, 5) is 123. The zero-order valence-electron chi connectivity index (χ0n) is 60.7. The highest BCUT2D eigenvalue weighted by molar-refractivity contribution is 9.10. The molecule has 1 amide bonds. The van der Waals surface area contributed by atoms with Crippen molar-refractivity contribution < 1.29 is 84.9 Å². The van der Waals surface area contributed by atoms with Crippen LogP contribution in [0.2, 0.25) is 20.1 Å². The van der Waals surface area contributed by atoms with Gasteiger partial charge in [-0.2, -0.15) is 0 Å². The Balaban J connectivity index is 0.000000243. The second-order valence-electron chi connectivity index (χ2n) is 21.8. The lowest BCUT2D eigenvalue weighted by Gasteiger charge is -2.09. The number of nitrogens with one attached hydrogen (secondary N) is 1. The molecule has 0 bridgehead atoms. The molecule has 0 aliphatic rings. The molecule has 604 valence electrons. The SMILES string of the molecule is CCn1cc(C(=O)Nc2ccc(Oc3ccc(F)c(Cl)c3)cn2)ccc1=O.CCn1cc(C(=O)O)ccc1=O.CCn1cc(C(=O)OC)ccc1=O.COC(=O)c1ccc(=O)oc1.Nc1ccc(Oc2ccc(F)c(Cl)c2)cn1.O=[N+]([O-])c1ccc(Br)cn1.O=[N+]([O-])c1ccc(Oc2ccc(F)c(Cl)c2)cn1.Oc1ccc(F)c(Cl)c1. The summed E-state index contributed by atoms with van der Waals surface area (Å²) in [5.74, 6) is -1.82. The third kappa shape index (κ3) is 31.5. The van der Waals surface area contributed by atoms with E-state index in [9.17, 15) is 76.1 Å². The van der Waals surface area contributed by atoms with Gasteiger partial charge < -0.3 is 83.3 Å². The maximum absolute atomic E-state index is 13.2. The number of carbonyl (C=O) groups excluding carboxylic acids is 3. The summed E-state index contributed by atoms with van der Waals surface area (Å²) in [6, 6.07) is 38.1. The van der Waals surface area contributed by atoms with Crippen LogP contribution in [0.15, 0.2) is 248 Å². The topological polar surface area (TPSA) is 427 Å². The molecule has 12 rings (SSSR count). The number of carboxylic acids is 1. The van der Waals surface area contributed by atoms with Crippen LogP contribution in [0.1, 0.15) is 62.2 Å². The highest BCUT2D eigenvalue weighted by Crippen LogP contribution is 2.30. The van der Waals surface area contributed by atoms with Gasteiger partial charge in [0.25, 0.3) is 22.6 Å². The number of hydrogen-bond donors (Lipinski definition) is 4. The van der Waals surface area contributed by atoms with Crippen molar-refractivity contribution in [2.75, 3.05) is 25.3 Å². The number of ether oxygens (including phenoxy) is 5. The van der Waals surface area contributed by atoms with Gasteiger partial charge in [0.2, 0.25) is 0 Å². The molecule has 8 aromatic heterocycles. The van der Waals surface area contributed by atoms with Gasteiger partial charge in [-0.1, -0.05) is 46.4 Å². The average molecular weight is 1750 g/mol. The lowest BCUT2D eigenvalue weighted by molar-refractivity contribution is -0.389. The van der Waals surface area contributed by atoms with Crippen LogP contribution in [0.5, 0.6) is 40.2 Å². The Morgan fingerprint density at radius 1 is 0.491 bits per heavy atom. The lowest BCUT2D eigenvalue weighted by Crippen LogP contribution is -2.21. The summed E-state index contributed by atoms with van der Waals surface area (Å²) in [5, 5.41) is 40.2. The molecule has 31 nitrogen and oxygen atoms in total. The number of carboxylic acid groups (broad SMARTS) is 1. The number of pyridine rings is 7. The fourth-order valence-corrected chi connectivity index (χ4v) is 9.03. The third-order valence-corrected chi connectivity index (χ3v) is 15.5. The molecule has 0 aliphatic heterocycles. The molecule has 0 atom stereocenters. The molecule has 0 aliphatic carbocycles. The van der Waals surface area contributed by atoms with Gasteiger partial charge in [-0.25, -0.2) is 46.7 Å². The van der Waals surface area contributed by atoms with Crippen LogP contribution in [0.25, 0.3) is 0 Å². The number of anilines is 2. The second-order valence-corrected chi connectivity index (χ2v) is 24.4. The third-order valence-electron chi connectivity index (χ3n) is 13.9. The summed E-state index contributed by atoms with van der Waals surface area (Å²) < 4.78 is 85.7. The van der Waals surface area contributed by atoms with Gasteiger partial charge in [-0.3, -0.25) is 19.2 Å². The number of methoxy groups -OCH3 is 2. The number of aromatic carboxylic acids is 1. The van der Waals surface area contributed by atoms with E-state index in [0.29, 0.717) is 76.9 Å². The predicted molar refractivity (Wildman–Crippen MR) is 422 cm³/mol. The van der Waals surface area contributed by atoms with E-state index in [2.05, 4.69) is 55.1 Å². The second kappa shape index (κ2) is 47.0. The molecule has 12 aromatic rings. The number of nitrogen functional groups attached to an aromatic ring is 1. The van der Waals surface area contributed by atoms with Crippen molar-refractivity contribution in [1.29, 1.82) is 0 Å². The first-order valence-corrected chi connectivity index (χ1v) is 34.9. The number of hydrogen-bond acceptors (Lipinski definition) is 24. The maximum atomic E-state index is 13.2. The van der Waals surface area contributed by atoms with Crippen LogP contribution in [-0.2, 0) is 29.1 Å². The Labute approximate surface area is 681 Å². The quantitative estimate of drug-likeness (QED) is 0.0302. The fourth-order valence-electron chi connectivity index (χ4n) is 8.11. The number of nitro groups is 2. The van der Waals surface area contributed by atoms with Crippen molar-refractivity contribution >= 4 is 109 Å². The zero-order chi connectivity index (χ0) is 85.7. The monoisotopic (exact) mass is 1740 g/mol. The lowest BCUT2D eigenvalue weighted by atomic mass is 10.2. The molecule has 116 heavy (non-hydrogen) atoms. The van der Waals surface area contributed by atoms with Crippen LogP contribution in [0.3, 0.4) is 0 Å². The van der Waals surface area contributed by atoms with E-state index in [0.717, 1.165) is 35.0 Å². The maximum Gasteiger partial charge on any atom is 0.363 e. The fraction of sp³-hybridized carbons (Fsp3) is 0.105. The van der Waals surface area contributed by atoms with Gasteiger partial charge in [-0.15, -0.1) is 0 Å². The molecule has 0 saturated heterocycles. The van der Waals surface area contributed by atoms with Crippen molar-refractivity contribution in [1.82, 2.24) is 33.6 Å². The van der Waals surface area contributed by atoms with E-state index in [1.165, 1.54) is 187 Å². The minimum atomic E-state index is -1.02. The molecule has 8 heterocycles. The van der Waals surface area contributed by atoms with E-state index >= 15 is 0 Å². The first kappa shape index (κ1) is 92.9. The molecular formula is C76H62BrCl4F4N11O20. The Morgan fingerprint density at radius 2 is 0.871 bits per heavy atom. The van der Waals surface area contributed by atoms with Gasteiger partial charge in [0.05, 0.1) is 73.4 Å². The van der Waals surface area contributed by atoms with Gasteiger partial charge in [0.15, 0.2) is 18.1 Å². The number of phenolic OH excluding ortho intramolecular Hbond substituents is 1. The van der Waals surface area contributed by atoms with Crippen LogP contribution < -0.4 is 47.6 Å². The summed E-state index contributed by atoms with van der Waals surface area (Å²) in [6.07, 6.45) is 10.9. The Bertz CT molecular complexity index is 5610. The molecule has 0 unspecified atom stereocenters. The standard InChI is InChI=1S/C19H15ClFN3O3.C11H6ClFN2O3.C11H8ClFN2O.C9H11NO3.C8H9NO3.C7H6O4.C6H4ClFO.C5H3BrN2O2/c1-2-24-11-12(3-8-18(24)25)19(26)23-17-7-5-14(10-22-17)27-13-4-6-16(21)15(20)9-13;12-9-5-7(1-3-10(9)13)18-8-2-4-11(14-6-8)15(16)17;12-9-5-7(1-3-10(9)13)16-8-2-4-11(14)15-6-8;1-3-10-6-7(9(12)13-2)4-5-8(10)11;1-2-9-5-6(8(11)12)3-4-7(9)10;1-10-7(9)5-2-3-6(8)11-4-5;7-5-3-4(9)1-2-6(5)8;6-4-1-2-5(7-3-4)8(9)10/h3-11H,2H2,1H3,(H,22,23,26);1-6H;1-6H,(H2,14,15);4-6H,3H2,1-2H3;3-5H,2H2,1H3,(H,11,12);2-4H,1H3;1-3,9H;1-3H. The number of halogens is 9. The number of phenols is 1. The van der Waals surface area contributed by atoms with Crippen molar-refractivity contribution in [3.05, 3.63) is 351 Å². The number of nitrogens with two attached hydrogens (primary N) is 1. The van der Waals surface area contributed by atoms with E-state index in [-0.39, 0.29) is 71.2 Å². The summed E-state index contributed by atoms with van der Waals surface area (Å²) in [7, 11) is 2.57. The molecule has 0 fully saturated rings. The largest absolute Gasteiger partial charge is 0.508 e. The minimum absolute atomic E-state index is 0.0147. The molecule has 5 N–H and O–H groups in total. The predicted octanol–water partition coefficient (Wildman–Crippen LogP) is 16.5. The minimum Gasteiger partial charge on any atom is -0.508 e. The van der Waals surface area contributed by atoms with Gasteiger partial charge in [0, 0.05) is 98.9 Å². The number of aromatic nitrogens is 7. The van der Waals surface area contributed by atoms with Crippen molar-refractivity contribution in [3.8, 4) is 40.2 Å². The summed E-state index contributed by atoms with van der Waals surface area (Å²) >= 11 is 25.3. The zero-order valence-corrected chi connectivity index (χ0v) is 65.3. The van der Waals surface area contributed by atoms with E-state index < -0.39 is 56.6 Å². The molecule has 0 saturated carbocycles. The van der Waals surface area contributed by atoms with Crippen LogP contribution in [-0.4, -0.2) is 91.7 Å². The number of esters is 2. The van der Waals surface area contributed by atoms with E-state index in [4.69, 9.17) is 76.6 Å². The molecule has 40 heteroatoms. The van der Waals surface area contributed by atoms with Crippen molar-refractivity contribution in [2.45, 2.75) is 40.4 Å². The molecule has 4 aromatic carbocycles. The number of benzene rings is 4. The first-order valence-electron chi connectivity index (χ1n) is 32.6. The number of aryl methyl sites for hydroxylation is 3. The van der Waals surface area contributed by atoms with Gasteiger partial charge >= 0.3 is 35.2 Å². The van der Waals surface area contributed by atoms with Crippen LogP contribution in [0.4, 0.5) is 40.8 Å². The average Bonchev–Trinajstić information content (AvgIpc) is 0.833. The number of nitrogens with zero attached hydrogens (tertiary/aromatic N) is 9. The van der Waals surface area contributed by atoms with E-state index in [1.807, 2.05) is 13.8 Å². The van der Waals surface area contributed by atoms with E-state index in [1.54, 1.807) is 37.3 Å². The van der Waals surface area contributed by atoms with Crippen molar-refractivity contribution in [3.63, 3.8) is 0 Å². The normalized spacial score (nSPS) is 9.91. The Morgan fingerprint density at radius 3 is 1.23 bits per heavy atom. The first-order chi connectivity index (χ1) is 55.1. The highest BCUT2D eigenvalue weighted by Gasteiger charge is 2.14.